The molecule has 0 unspecified atom stereocenters. The summed E-state index contributed by atoms with van der Waals surface area (Å²) < 4.78 is 0. The van der Waals surface area contributed by atoms with Crippen LogP contribution in [0.5, 0.6) is 0 Å². The average molecular weight is 412 g/mol. The smallest absolute Gasteiger partial charge is 0.251 e. The highest BCUT2D eigenvalue weighted by Gasteiger charge is 2.09. The molecule has 0 saturated carbocycles. The zero-order valence-corrected chi connectivity index (χ0v) is 17.3. The minimum Gasteiger partial charge on any atom is -0.325 e. The van der Waals surface area contributed by atoms with Gasteiger partial charge in [-0.1, -0.05) is 42.1 Å². The highest BCUT2D eigenvalue weighted by molar-refractivity contribution is 7.99. The van der Waals surface area contributed by atoms with Crippen molar-refractivity contribution in [2.75, 3.05) is 11.1 Å². The van der Waals surface area contributed by atoms with Gasteiger partial charge in [-0.2, -0.15) is 0 Å². The summed E-state index contributed by atoms with van der Waals surface area (Å²) in [5.41, 5.74) is 3.46. The third kappa shape index (κ3) is 5.74. The molecular weight excluding hydrogens is 390 g/mol. The lowest BCUT2D eigenvalue weighted by atomic mass is 10.1. The van der Waals surface area contributed by atoms with E-state index in [0.717, 1.165) is 21.7 Å². The Bertz CT molecular complexity index is 1020. The molecule has 1 aromatic heterocycles. The van der Waals surface area contributed by atoms with Gasteiger partial charge in [0.2, 0.25) is 5.91 Å². The minimum absolute atomic E-state index is 0.134. The van der Waals surface area contributed by atoms with E-state index in [2.05, 4.69) is 15.3 Å². The first-order valence-corrected chi connectivity index (χ1v) is 10.8. The summed E-state index contributed by atoms with van der Waals surface area (Å²) >= 11 is 2.84. The first-order chi connectivity index (χ1) is 13.5. The minimum atomic E-state index is -0.212. The molecular formula is C21H21N3O2S2. The molecule has 0 fully saturated rings. The Balaban J connectivity index is 1.59. The highest BCUT2D eigenvalue weighted by atomic mass is 32.2. The fourth-order valence-electron chi connectivity index (χ4n) is 2.51. The topological polar surface area (TPSA) is 74.8 Å². The third-order valence-electron chi connectivity index (χ3n) is 4.12. The molecule has 1 amide bonds. The number of carbonyl (C=O) groups is 1. The van der Waals surface area contributed by atoms with E-state index in [1.165, 1.54) is 17.8 Å². The van der Waals surface area contributed by atoms with E-state index in [9.17, 15) is 9.59 Å². The van der Waals surface area contributed by atoms with E-state index >= 15 is 0 Å². The van der Waals surface area contributed by atoms with Crippen molar-refractivity contribution in [1.82, 2.24) is 9.97 Å². The third-order valence-corrected chi connectivity index (χ3v) is 6.04. The van der Waals surface area contributed by atoms with E-state index in [0.29, 0.717) is 16.6 Å². The summed E-state index contributed by atoms with van der Waals surface area (Å²) in [6.45, 7) is 3.98. The van der Waals surface area contributed by atoms with Crippen LogP contribution in [0.1, 0.15) is 16.8 Å². The first-order valence-electron chi connectivity index (χ1n) is 8.78. The molecule has 2 aromatic carbocycles. The molecule has 0 saturated heterocycles. The van der Waals surface area contributed by atoms with E-state index in [4.69, 9.17) is 0 Å². The summed E-state index contributed by atoms with van der Waals surface area (Å²) in [5.74, 6) is 0.632. The lowest BCUT2D eigenvalue weighted by molar-refractivity contribution is -0.113. The van der Waals surface area contributed by atoms with Gasteiger partial charge in [0.15, 0.2) is 5.16 Å². The number of benzene rings is 2. The predicted octanol–water partition coefficient (Wildman–Crippen LogP) is 4.41. The van der Waals surface area contributed by atoms with Gasteiger partial charge in [0, 0.05) is 22.4 Å². The van der Waals surface area contributed by atoms with Crippen molar-refractivity contribution in [1.29, 1.82) is 0 Å². The van der Waals surface area contributed by atoms with Crippen molar-refractivity contribution in [3.05, 3.63) is 81.8 Å². The van der Waals surface area contributed by atoms with Crippen molar-refractivity contribution in [3.8, 4) is 0 Å². The van der Waals surface area contributed by atoms with Crippen LogP contribution in [-0.4, -0.2) is 21.6 Å². The van der Waals surface area contributed by atoms with Crippen molar-refractivity contribution in [2.45, 2.75) is 29.7 Å². The molecule has 2 N–H and O–H groups in total. The number of nitrogens with one attached hydrogen (secondary N) is 2. The Morgan fingerprint density at radius 3 is 2.64 bits per heavy atom. The monoisotopic (exact) mass is 411 g/mol. The summed E-state index contributed by atoms with van der Waals surface area (Å²) in [5, 5.41) is 3.36. The highest BCUT2D eigenvalue weighted by Crippen LogP contribution is 2.22. The van der Waals surface area contributed by atoms with Gasteiger partial charge in [0.1, 0.15) is 0 Å². The average Bonchev–Trinajstić information content (AvgIpc) is 2.69. The van der Waals surface area contributed by atoms with Crippen molar-refractivity contribution < 1.29 is 4.79 Å². The van der Waals surface area contributed by atoms with E-state index in [1.807, 2.05) is 62.4 Å². The van der Waals surface area contributed by atoms with Crippen LogP contribution in [0.2, 0.25) is 0 Å². The molecule has 0 bridgehead atoms. The van der Waals surface area contributed by atoms with Crippen molar-refractivity contribution >= 4 is 35.1 Å². The van der Waals surface area contributed by atoms with Crippen molar-refractivity contribution in [2.24, 2.45) is 0 Å². The molecule has 5 nitrogen and oxygen atoms in total. The predicted molar refractivity (Wildman–Crippen MR) is 116 cm³/mol. The molecule has 7 heteroatoms. The molecule has 28 heavy (non-hydrogen) atoms. The lowest BCUT2D eigenvalue weighted by Gasteiger charge is -2.10. The Kier molecular flexibility index (Phi) is 6.95. The van der Waals surface area contributed by atoms with Crippen LogP contribution in [0.4, 0.5) is 5.69 Å². The SMILES string of the molecule is Cc1cccc(NC(=O)CSc2nc(CSc3ccccc3)cc(=O)[nH]2)c1C. The molecule has 0 atom stereocenters. The number of carbonyl (C=O) groups excluding carboxylic acids is 1. The largest absolute Gasteiger partial charge is 0.325 e. The number of H-pyrrole nitrogens is 1. The molecule has 0 aliphatic carbocycles. The van der Waals surface area contributed by atoms with Gasteiger partial charge < -0.3 is 10.3 Å². The summed E-state index contributed by atoms with van der Waals surface area (Å²) in [7, 11) is 0. The number of hydrogen-bond donors (Lipinski definition) is 2. The quantitative estimate of drug-likeness (QED) is 0.445. The fraction of sp³-hybridized carbons (Fsp3) is 0.190. The number of thioether (sulfide) groups is 2. The van der Waals surface area contributed by atoms with Crippen LogP contribution in [0.15, 0.2) is 69.4 Å². The lowest BCUT2D eigenvalue weighted by Crippen LogP contribution is -2.16. The number of rotatable bonds is 7. The Hall–Kier alpha value is -2.51. The van der Waals surface area contributed by atoms with Gasteiger partial charge in [0.05, 0.1) is 11.4 Å². The standard InChI is InChI=1S/C21H21N3O2S2/c1-14-7-6-10-18(15(14)2)23-20(26)13-28-21-22-16(11-19(25)24-21)12-27-17-8-4-3-5-9-17/h3-11H,12-13H2,1-2H3,(H,23,26)(H,22,24,25). The van der Waals surface area contributed by atoms with Gasteiger partial charge >= 0.3 is 0 Å². The number of hydrogen-bond acceptors (Lipinski definition) is 5. The number of anilines is 1. The van der Waals surface area contributed by atoms with Crippen LogP contribution in [-0.2, 0) is 10.5 Å². The summed E-state index contributed by atoms with van der Waals surface area (Å²) in [6, 6.07) is 17.3. The Morgan fingerprint density at radius 1 is 1.07 bits per heavy atom. The van der Waals surface area contributed by atoms with Crippen molar-refractivity contribution in [3.63, 3.8) is 0 Å². The molecule has 0 radical (unpaired) electrons. The maximum Gasteiger partial charge on any atom is 0.251 e. The van der Waals surface area contributed by atoms with Gasteiger partial charge in [-0.3, -0.25) is 9.59 Å². The second-order valence-electron chi connectivity index (χ2n) is 6.23. The molecule has 0 spiro atoms. The maximum absolute atomic E-state index is 12.3. The molecule has 144 valence electrons. The Morgan fingerprint density at radius 2 is 1.86 bits per heavy atom. The van der Waals surface area contributed by atoms with Gasteiger partial charge in [0.25, 0.3) is 5.56 Å². The van der Waals surface area contributed by atoms with Gasteiger partial charge in [-0.05, 0) is 43.2 Å². The van der Waals surface area contributed by atoms with Crippen LogP contribution >= 0.6 is 23.5 Å². The zero-order chi connectivity index (χ0) is 19.9. The van der Waals surface area contributed by atoms with Crippen LogP contribution in [0.25, 0.3) is 0 Å². The molecule has 1 heterocycles. The van der Waals surface area contributed by atoms with Gasteiger partial charge in [-0.25, -0.2) is 4.98 Å². The summed E-state index contributed by atoms with van der Waals surface area (Å²) in [4.78, 5) is 32.5. The van der Waals surface area contributed by atoms with E-state index in [-0.39, 0.29) is 17.2 Å². The molecule has 0 aliphatic rings. The zero-order valence-electron chi connectivity index (χ0n) is 15.7. The maximum atomic E-state index is 12.3. The van der Waals surface area contributed by atoms with E-state index in [1.54, 1.807) is 11.8 Å². The van der Waals surface area contributed by atoms with Crippen LogP contribution in [0.3, 0.4) is 0 Å². The molecule has 3 aromatic rings. The van der Waals surface area contributed by atoms with Crippen LogP contribution in [0, 0.1) is 13.8 Å². The molecule has 3 rings (SSSR count). The van der Waals surface area contributed by atoms with Crippen LogP contribution < -0.4 is 10.9 Å². The normalized spacial score (nSPS) is 10.6. The van der Waals surface area contributed by atoms with E-state index < -0.39 is 0 Å². The van der Waals surface area contributed by atoms with Gasteiger partial charge in [-0.15, -0.1) is 11.8 Å². The number of aryl methyl sites for hydroxylation is 1. The Labute approximate surface area is 172 Å². The second kappa shape index (κ2) is 9.61. The number of aromatic amines is 1. The number of nitrogens with zero attached hydrogens (tertiary/aromatic N) is 1. The first kappa shape index (κ1) is 20.2. The number of amides is 1. The second-order valence-corrected chi connectivity index (χ2v) is 8.24. The number of aromatic nitrogens is 2. The molecule has 0 aliphatic heterocycles. The fourth-order valence-corrected chi connectivity index (χ4v) is 4.01. The summed E-state index contributed by atoms with van der Waals surface area (Å²) in [6.07, 6.45) is 0.